The Labute approximate surface area is 229 Å². The van der Waals surface area contributed by atoms with Crippen molar-refractivity contribution in [2.45, 2.75) is 0 Å². The van der Waals surface area contributed by atoms with Gasteiger partial charge in [0.05, 0.1) is 6.26 Å². The van der Waals surface area contributed by atoms with Gasteiger partial charge < -0.3 is 8.83 Å². The summed E-state index contributed by atoms with van der Waals surface area (Å²) in [6.45, 7) is 0. The number of rotatable bonds is 2. The molecule has 40 heavy (non-hydrogen) atoms. The normalized spacial score (nSPS) is 12.0. The van der Waals surface area contributed by atoms with Crippen LogP contribution in [0.25, 0.3) is 87.5 Å². The van der Waals surface area contributed by atoms with Crippen molar-refractivity contribution in [1.82, 2.24) is 0 Å². The Kier molecular flexibility index (Phi) is 4.36. The molecule has 0 bridgehead atoms. The zero-order chi connectivity index (χ0) is 26.2. The summed E-state index contributed by atoms with van der Waals surface area (Å²) in [5.41, 5.74) is 7.39. The number of hydrogen-bond acceptors (Lipinski definition) is 2. The van der Waals surface area contributed by atoms with Crippen molar-refractivity contribution in [1.29, 1.82) is 0 Å². The first-order chi connectivity index (χ1) is 19.9. The molecule has 0 aliphatic heterocycles. The minimum atomic E-state index is 0.861. The molecule has 186 valence electrons. The molecule has 0 spiro atoms. The monoisotopic (exact) mass is 510 g/mol. The number of furan rings is 2. The summed E-state index contributed by atoms with van der Waals surface area (Å²) < 4.78 is 12.7. The van der Waals surface area contributed by atoms with Gasteiger partial charge in [0.15, 0.2) is 0 Å². The van der Waals surface area contributed by atoms with Gasteiger partial charge in [-0.3, -0.25) is 0 Å². The van der Waals surface area contributed by atoms with Gasteiger partial charge in [-0.05, 0) is 61.6 Å². The predicted molar refractivity (Wildman–Crippen MR) is 167 cm³/mol. The van der Waals surface area contributed by atoms with Gasteiger partial charge in [0, 0.05) is 27.3 Å². The molecule has 2 heteroatoms. The Balaban J connectivity index is 1.52. The molecule has 0 amide bonds. The van der Waals surface area contributed by atoms with Crippen LogP contribution in [0.1, 0.15) is 0 Å². The number of hydrogen-bond donors (Lipinski definition) is 0. The molecule has 0 saturated heterocycles. The number of fused-ring (bicyclic) bond motifs is 7. The maximum atomic E-state index is 6.64. The Morgan fingerprint density at radius 1 is 0.375 bits per heavy atom. The summed E-state index contributed by atoms with van der Waals surface area (Å²) in [6.07, 6.45) is 1.78. The summed E-state index contributed by atoms with van der Waals surface area (Å²) in [5.74, 6) is 0. The average Bonchev–Trinajstić information content (AvgIpc) is 3.63. The predicted octanol–water partition coefficient (Wildman–Crippen LogP) is 11.1. The van der Waals surface area contributed by atoms with E-state index in [1.165, 1.54) is 49.0 Å². The fraction of sp³-hybridized carbons (Fsp3) is 0. The number of benzene rings is 7. The maximum absolute atomic E-state index is 6.64. The van der Waals surface area contributed by atoms with Crippen LogP contribution in [0.5, 0.6) is 0 Å². The molecular formula is C38H22O2. The fourth-order valence-corrected chi connectivity index (χ4v) is 6.67. The molecule has 0 radical (unpaired) electrons. The van der Waals surface area contributed by atoms with Crippen molar-refractivity contribution in [3.63, 3.8) is 0 Å². The Morgan fingerprint density at radius 3 is 1.73 bits per heavy atom. The SMILES string of the molecule is c1ccc2c(-c3c4ccccc4c(-c4c5ccoc5cc5c4oc4ccccc45)c4ccccc34)cccc2c1. The lowest BCUT2D eigenvalue weighted by Gasteiger charge is -2.19. The molecule has 0 N–H and O–H groups in total. The van der Waals surface area contributed by atoms with Crippen LogP contribution in [0.3, 0.4) is 0 Å². The van der Waals surface area contributed by atoms with Crippen molar-refractivity contribution in [2.75, 3.05) is 0 Å². The third-order valence-electron chi connectivity index (χ3n) is 8.34. The zero-order valence-electron chi connectivity index (χ0n) is 21.5. The van der Waals surface area contributed by atoms with Gasteiger partial charge in [0.25, 0.3) is 0 Å². The summed E-state index contributed by atoms with van der Waals surface area (Å²) in [5, 5.41) is 10.5. The van der Waals surface area contributed by atoms with E-state index in [1.807, 2.05) is 12.1 Å². The lowest BCUT2D eigenvalue weighted by atomic mass is 9.83. The maximum Gasteiger partial charge on any atom is 0.144 e. The highest BCUT2D eigenvalue weighted by atomic mass is 16.3. The topological polar surface area (TPSA) is 26.3 Å². The van der Waals surface area contributed by atoms with E-state index >= 15 is 0 Å². The second-order valence-electron chi connectivity index (χ2n) is 10.4. The van der Waals surface area contributed by atoms with Gasteiger partial charge in [-0.2, -0.15) is 0 Å². The third kappa shape index (κ3) is 2.88. The first-order valence-electron chi connectivity index (χ1n) is 13.6. The highest BCUT2D eigenvalue weighted by molar-refractivity contribution is 6.29. The summed E-state index contributed by atoms with van der Waals surface area (Å²) in [6, 6.07) is 45.3. The van der Waals surface area contributed by atoms with Gasteiger partial charge in [-0.15, -0.1) is 0 Å². The number of para-hydroxylation sites is 1. The fourth-order valence-electron chi connectivity index (χ4n) is 6.67. The van der Waals surface area contributed by atoms with E-state index in [-0.39, 0.29) is 0 Å². The van der Waals surface area contributed by atoms with Crippen LogP contribution < -0.4 is 0 Å². The van der Waals surface area contributed by atoms with Crippen LogP contribution in [-0.4, -0.2) is 0 Å². The Bertz CT molecular complexity index is 2370. The summed E-state index contributed by atoms with van der Waals surface area (Å²) >= 11 is 0. The molecule has 9 rings (SSSR count). The quantitative estimate of drug-likeness (QED) is 0.216. The first kappa shape index (κ1) is 21.6. The molecule has 0 aliphatic rings. The van der Waals surface area contributed by atoms with Crippen LogP contribution in [0.4, 0.5) is 0 Å². The van der Waals surface area contributed by atoms with E-state index in [1.54, 1.807) is 6.26 Å². The van der Waals surface area contributed by atoms with Crippen LogP contribution in [-0.2, 0) is 0 Å². The van der Waals surface area contributed by atoms with Crippen molar-refractivity contribution in [3.8, 4) is 22.3 Å². The Morgan fingerprint density at radius 2 is 0.975 bits per heavy atom. The molecule has 2 nitrogen and oxygen atoms in total. The lowest BCUT2D eigenvalue weighted by molar-refractivity contribution is 0.616. The van der Waals surface area contributed by atoms with Crippen molar-refractivity contribution in [2.24, 2.45) is 0 Å². The molecule has 0 aliphatic carbocycles. The standard InChI is InChI=1S/C38H22O2/c1-2-12-24-23(10-1)11-9-18-26(24)35-27-14-3-5-16-29(27)36(30-17-6-4-15-28(30)35)37-31-20-21-39-34(31)22-32-25-13-7-8-19-33(25)40-38(32)37/h1-22H. The van der Waals surface area contributed by atoms with E-state index in [2.05, 4.69) is 115 Å². The molecule has 0 atom stereocenters. The molecule has 2 aromatic heterocycles. The van der Waals surface area contributed by atoms with Gasteiger partial charge in [-0.25, -0.2) is 0 Å². The van der Waals surface area contributed by atoms with E-state index in [4.69, 9.17) is 8.83 Å². The van der Waals surface area contributed by atoms with Crippen LogP contribution in [0.2, 0.25) is 0 Å². The molecule has 0 fully saturated rings. The Hall–Kier alpha value is -5.34. The van der Waals surface area contributed by atoms with E-state index < -0.39 is 0 Å². The zero-order valence-corrected chi connectivity index (χ0v) is 21.5. The smallest absolute Gasteiger partial charge is 0.144 e. The van der Waals surface area contributed by atoms with Crippen molar-refractivity contribution < 1.29 is 8.83 Å². The van der Waals surface area contributed by atoms with Gasteiger partial charge in [-0.1, -0.05) is 109 Å². The molecule has 9 aromatic rings. The summed E-state index contributed by atoms with van der Waals surface area (Å²) in [4.78, 5) is 0. The molecule has 0 saturated carbocycles. The lowest BCUT2D eigenvalue weighted by Crippen LogP contribution is -1.92. The van der Waals surface area contributed by atoms with Gasteiger partial charge in [0.1, 0.15) is 16.7 Å². The van der Waals surface area contributed by atoms with E-state index in [0.29, 0.717) is 0 Å². The molecular weight excluding hydrogens is 488 g/mol. The van der Waals surface area contributed by atoms with Crippen molar-refractivity contribution >= 4 is 65.2 Å². The van der Waals surface area contributed by atoms with Crippen LogP contribution in [0, 0.1) is 0 Å². The largest absolute Gasteiger partial charge is 0.464 e. The van der Waals surface area contributed by atoms with Crippen LogP contribution in [0.15, 0.2) is 142 Å². The summed E-state index contributed by atoms with van der Waals surface area (Å²) in [7, 11) is 0. The minimum Gasteiger partial charge on any atom is -0.464 e. The molecule has 2 heterocycles. The van der Waals surface area contributed by atoms with E-state index in [9.17, 15) is 0 Å². The molecule has 0 unspecified atom stereocenters. The van der Waals surface area contributed by atoms with Crippen molar-refractivity contribution in [3.05, 3.63) is 134 Å². The van der Waals surface area contributed by atoms with Crippen LogP contribution >= 0.6 is 0 Å². The highest BCUT2D eigenvalue weighted by Gasteiger charge is 2.23. The highest BCUT2D eigenvalue weighted by Crippen LogP contribution is 2.49. The second kappa shape index (κ2) is 8.08. The average molecular weight is 511 g/mol. The van der Waals surface area contributed by atoms with E-state index in [0.717, 1.165) is 38.5 Å². The second-order valence-corrected chi connectivity index (χ2v) is 10.4. The van der Waals surface area contributed by atoms with Gasteiger partial charge in [0.2, 0.25) is 0 Å². The first-order valence-corrected chi connectivity index (χ1v) is 13.6. The van der Waals surface area contributed by atoms with Gasteiger partial charge >= 0.3 is 0 Å². The third-order valence-corrected chi connectivity index (χ3v) is 8.34. The molecule has 7 aromatic carbocycles. The minimum absolute atomic E-state index is 0.861.